The molecule has 2 aliphatic heterocycles. The van der Waals surface area contributed by atoms with Crippen LogP contribution in [0.5, 0.6) is 0 Å². The molecule has 8 rings (SSSR count). The Morgan fingerprint density at radius 2 is 0.721 bits per heavy atom. The fourth-order valence-electron chi connectivity index (χ4n) is 8.92. The van der Waals surface area contributed by atoms with Crippen molar-refractivity contribution in [2.24, 2.45) is 30.7 Å². The summed E-state index contributed by atoms with van der Waals surface area (Å²) in [4.78, 5) is 71.7. The van der Waals surface area contributed by atoms with Crippen molar-refractivity contribution in [1.29, 1.82) is 0 Å². The van der Waals surface area contributed by atoms with Gasteiger partial charge in [0.2, 0.25) is 31.9 Å². The number of carbonyl (C=O) groups excluding carboxylic acids is 6. The van der Waals surface area contributed by atoms with Crippen LogP contribution < -0.4 is 218 Å². The number of amides is 4. The number of aromatic carboxylic acids is 2. The molecular formula is C56H42N12Na6O24S6. The standard InChI is InChI=1S/C56H48N12O24S6.6Na/c1-29-51(63-61-43-19-17-39(93(77,78)57-3)27-41(43)55(73)74)53(71)67(65-29)37-15-11-33(47(25-37)97(87,88)89)7-5-31-9-13-35(23-45(31)95(81,82)83)59-49(69)21-22-50(70)60-36-14-10-32(46(24-36)96(84,85)86)6-8-34-12-16-38(26-48(34)98(90,91)92)68-54(72)52(30(2)66-68)64-62-44-20-18-40(94(79,80)58-4)28-42(44)56(75)76;;;;;;/h5-28,51-52,57-58H,1-4H3,(H,59,69)(H,60,70)(H,73,74)(H,75,76)(H,81,82,83)(H,84,85,86)(H,87,88,89)(H,90,91,92);;;;;;/q;6*+1/p-6. The smallest absolute Gasteiger partial charge is 0.744 e. The third-order valence-corrected chi connectivity index (χ3v) is 20.1. The first-order chi connectivity index (χ1) is 45.6. The Balaban J connectivity index is 0.00000612. The molecule has 0 saturated heterocycles. The SMILES string of the molecule is CNS(=O)(=O)c1ccc(N=NC2C(=O)N(c3ccc(C=Cc4ccc(NC(=O)C=CC(=O)Nc5ccc(C=Cc6ccc(N7N=C(C)C(N=Nc8ccc(S(=O)(=O)NC)cc8C(=O)[O-])C7=O)cc6S(=O)(=O)[O-])c(S(=O)(=O)[O-])c5)cc4S(=O)(=O)[O-])c(S(=O)(=O)[O-])c3)N=C2C)c(C(=O)[O-])c1.[Na+].[Na+].[Na+].[Na+].[Na+].[Na+]. The molecule has 0 spiro atoms. The van der Waals surface area contributed by atoms with Gasteiger partial charge < -0.3 is 48.6 Å². The van der Waals surface area contributed by atoms with E-state index in [2.05, 4.69) is 41.3 Å². The van der Waals surface area contributed by atoms with Crippen molar-refractivity contribution in [3.8, 4) is 0 Å². The van der Waals surface area contributed by atoms with Crippen LogP contribution in [0.1, 0.15) is 56.8 Å². The summed E-state index contributed by atoms with van der Waals surface area (Å²) < 4.78 is 203. The van der Waals surface area contributed by atoms with Crippen LogP contribution in [0.4, 0.5) is 34.1 Å². The van der Waals surface area contributed by atoms with E-state index in [0.29, 0.717) is 34.3 Å². The van der Waals surface area contributed by atoms with Gasteiger partial charge >= 0.3 is 177 Å². The number of carboxylic acids is 2. The van der Waals surface area contributed by atoms with E-state index in [4.69, 9.17) is 0 Å². The minimum absolute atomic E-state index is 0. The Labute approximate surface area is 725 Å². The number of sulfonamides is 2. The summed E-state index contributed by atoms with van der Waals surface area (Å²) in [6.07, 6.45) is 4.86. The van der Waals surface area contributed by atoms with Crippen LogP contribution in [-0.4, -0.2) is 142 Å². The number of hydrogen-bond acceptors (Lipinski definition) is 30. The molecule has 0 saturated carbocycles. The van der Waals surface area contributed by atoms with Gasteiger partial charge in [-0.25, -0.2) is 60.0 Å². The summed E-state index contributed by atoms with van der Waals surface area (Å²) in [5.41, 5.74) is -5.40. The number of carboxylic acid groups (broad SMARTS) is 2. The van der Waals surface area contributed by atoms with E-state index in [1.165, 1.54) is 13.8 Å². The van der Waals surface area contributed by atoms with E-state index in [1.54, 1.807) is 0 Å². The number of hydrazone groups is 2. The number of anilines is 4. The van der Waals surface area contributed by atoms with Gasteiger partial charge in [0.15, 0.2) is 12.1 Å². The number of carbonyl (C=O) groups is 6. The predicted molar refractivity (Wildman–Crippen MR) is 334 cm³/mol. The first-order valence-corrected chi connectivity index (χ1v) is 35.5. The van der Waals surface area contributed by atoms with E-state index in [0.717, 1.165) is 135 Å². The van der Waals surface area contributed by atoms with Crippen LogP contribution in [0.25, 0.3) is 24.3 Å². The molecule has 2 aliphatic rings. The summed E-state index contributed by atoms with van der Waals surface area (Å²) >= 11 is 0. The summed E-state index contributed by atoms with van der Waals surface area (Å²) in [6, 6.07) is 13.5. The van der Waals surface area contributed by atoms with Crippen LogP contribution >= 0.6 is 0 Å². The van der Waals surface area contributed by atoms with Gasteiger partial charge in [0.1, 0.15) is 40.5 Å². The Kier molecular flexibility index (Phi) is 35.4. The summed E-state index contributed by atoms with van der Waals surface area (Å²) in [7, 11) is -27.8. The van der Waals surface area contributed by atoms with Crippen LogP contribution in [0.3, 0.4) is 0 Å². The molecular weight excluding hydrogens is 1560 g/mol. The molecule has 0 aromatic heterocycles. The van der Waals surface area contributed by atoms with Gasteiger partial charge in [-0.1, -0.05) is 48.6 Å². The zero-order valence-electron chi connectivity index (χ0n) is 55.8. The summed E-state index contributed by atoms with van der Waals surface area (Å²) in [6.45, 7) is 2.60. The van der Waals surface area contributed by atoms with E-state index in [1.807, 2.05) is 9.44 Å². The quantitative estimate of drug-likeness (QED) is 0.0144. The van der Waals surface area contributed by atoms with Crippen molar-refractivity contribution in [2.75, 3.05) is 34.7 Å². The molecule has 104 heavy (non-hydrogen) atoms. The van der Waals surface area contributed by atoms with Crippen molar-refractivity contribution >= 4 is 166 Å². The molecule has 2 unspecified atom stereocenters. The Hall–Kier alpha value is -4.64. The molecule has 6 aromatic rings. The number of hydrogen-bond donors (Lipinski definition) is 4. The second kappa shape index (κ2) is 38.6. The molecule has 4 amide bonds. The number of nitrogens with one attached hydrogen (secondary N) is 4. The van der Waals surface area contributed by atoms with Gasteiger partial charge in [0, 0.05) is 34.7 Å². The minimum Gasteiger partial charge on any atom is -0.744 e. The van der Waals surface area contributed by atoms with Crippen molar-refractivity contribution < 1.29 is 285 Å². The topological polar surface area (TPSA) is 574 Å². The average Bonchev–Trinajstić information content (AvgIpc) is 1.56. The molecule has 512 valence electrons. The molecule has 0 radical (unpaired) electrons. The molecule has 2 heterocycles. The van der Waals surface area contributed by atoms with E-state index < -0.39 is 182 Å². The van der Waals surface area contributed by atoms with Gasteiger partial charge in [0.25, 0.3) is 11.8 Å². The predicted octanol–water partition coefficient (Wildman–Crippen LogP) is -16.9. The van der Waals surface area contributed by atoms with Gasteiger partial charge in [0.05, 0.1) is 75.5 Å². The van der Waals surface area contributed by atoms with E-state index in [-0.39, 0.29) is 212 Å². The zero-order chi connectivity index (χ0) is 72.4. The van der Waals surface area contributed by atoms with Crippen LogP contribution in [0.2, 0.25) is 0 Å². The molecule has 0 fully saturated rings. The fraction of sp³-hybridized carbons (Fsp3) is 0.107. The van der Waals surface area contributed by atoms with Crippen LogP contribution in [0, 0.1) is 0 Å². The van der Waals surface area contributed by atoms with Gasteiger partial charge in [-0.05, 0) is 135 Å². The molecule has 6 aromatic carbocycles. The van der Waals surface area contributed by atoms with E-state index in [9.17, 15) is 108 Å². The van der Waals surface area contributed by atoms with Crippen molar-refractivity contribution in [1.82, 2.24) is 9.44 Å². The molecule has 36 nitrogen and oxygen atoms in total. The Morgan fingerprint density at radius 3 is 1.00 bits per heavy atom. The summed E-state index contributed by atoms with van der Waals surface area (Å²) in [5, 5.41) is 52.7. The first kappa shape index (κ1) is 95.4. The Bertz CT molecular complexity index is 5090. The van der Waals surface area contributed by atoms with Crippen molar-refractivity contribution in [3.05, 3.63) is 155 Å². The normalized spacial score (nSPS) is 15.0. The third-order valence-electron chi connectivity index (χ3n) is 13.7. The van der Waals surface area contributed by atoms with Crippen LogP contribution in [-0.2, 0) is 79.7 Å². The maximum atomic E-state index is 13.5. The average molecular weight is 1600 g/mol. The fourth-order valence-corrected chi connectivity index (χ4v) is 13.2. The van der Waals surface area contributed by atoms with E-state index >= 15 is 0 Å². The van der Waals surface area contributed by atoms with Crippen molar-refractivity contribution in [2.45, 2.75) is 55.3 Å². The largest absolute Gasteiger partial charge is 1.00 e. The second-order valence-corrected chi connectivity index (χ2v) is 29.3. The van der Waals surface area contributed by atoms with Gasteiger partial charge in [-0.2, -0.15) is 40.7 Å². The molecule has 4 N–H and O–H groups in total. The molecule has 0 bridgehead atoms. The first-order valence-electron chi connectivity index (χ1n) is 26.9. The summed E-state index contributed by atoms with van der Waals surface area (Å²) in [5.74, 6) is -7.91. The van der Waals surface area contributed by atoms with Gasteiger partial charge in [-0.3, -0.25) is 19.2 Å². The monoisotopic (exact) mass is 1600 g/mol. The maximum Gasteiger partial charge on any atom is 1.00 e. The maximum absolute atomic E-state index is 13.5. The molecule has 0 aliphatic carbocycles. The number of benzene rings is 6. The van der Waals surface area contributed by atoms with Crippen molar-refractivity contribution in [3.63, 3.8) is 0 Å². The molecule has 2 atom stereocenters. The number of azo groups is 2. The Morgan fingerprint density at radius 1 is 0.433 bits per heavy atom. The minimum atomic E-state index is -5.44. The number of nitrogens with zero attached hydrogens (tertiary/aromatic N) is 8. The molecule has 48 heteroatoms. The zero-order valence-corrected chi connectivity index (χ0v) is 72.7. The number of rotatable bonds is 24. The van der Waals surface area contributed by atoms with Crippen LogP contribution in [0.15, 0.2) is 181 Å². The van der Waals surface area contributed by atoms with Gasteiger partial charge in [-0.15, -0.1) is 0 Å². The second-order valence-electron chi connectivity index (χ2n) is 20.1. The third kappa shape index (κ3) is 23.4.